The van der Waals surface area contributed by atoms with Crippen molar-refractivity contribution in [1.29, 1.82) is 0 Å². The Morgan fingerprint density at radius 3 is 1.73 bits per heavy atom. The van der Waals surface area contributed by atoms with Crippen molar-refractivity contribution in [2.75, 3.05) is 4.90 Å². The average molecular weight is 291 g/mol. The molecule has 22 heavy (non-hydrogen) atoms. The third kappa shape index (κ3) is 1.74. The molecular weight excluding hydrogens is 281 g/mol. The minimum atomic E-state index is -0.411. The molecule has 3 nitrogen and oxygen atoms in total. The Morgan fingerprint density at radius 1 is 0.727 bits per heavy atom. The van der Waals surface area contributed by atoms with Crippen molar-refractivity contribution in [1.82, 2.24) is 0 Å². The van der Waals surface area contributed by atoms with Crippen molar-refractivity contribution >= 4 is 28.3 Å². The summed E-state index contributed by atoms with van der Waals surface area (Å²) < 4.78 is 13.0. The SMILES string of the molecule is O=C1c2cc3ccccc3cc2C(=O)N1c1ccc(F)cc1. The van der Waals surface area contributed by atoms with Crippen molar-refractivity contribution in [3.05, 3.63) is 77.6 Å². The summed E-state index contributed by atoms with van der Waals surface area (Å²) in [7, 11) is 0. The molecule has 0 saturated heterocycles. The van der Waals surface area contributed by atoms with Gasteiger partial charge < -0.3 is 0 Å². The van der Waals surface area contributed by atoms with E-state index in [1.54, 1.807) is 12.1 Å². The highest BCUT2D eigenvalue weighted by molar-refractivity contribution is 6.35. The molecular formula is C18H10FNO2. The van der Waals surface area contributed by atoms with Gasteiger partial charge in [0.05, 0.1) is 16.8 Å². The molecule has 0 aliphatic carbocycles. The van der Waals surface area contributed by atoms with Gasteiger partial charge in [-0.1, -0.05) is 24.3 Å². The summed E-state index contributed by atoms with van der Waals surface area (Å²) >= 11 is 0. The first-order valence-electron chi connectivity index (χ1n) is 6.82. The van der Waals surface area contributed by atoms with Gasteiger partial charge in [-0.15, -0.1) is 0 Å². The molecule has 0 bridgehead atoms. The van der Waals surface area contributed by atoms with Crippen LogP contribution in [0.2, 0.25) is 0 Å². The lowest BCUT2D eigenvalue weighted by Gasteiger charge is -2.13. The highest BCUT2D eigenvalue weighted by Crippen LogP contribution is 2.31. The van der Waals surface area contributed by atoms with Crippen LogP contribution in [0.1, 0.15) is 20.7 Å². The molecule has 0 N–H and O–H groups in total. The Hall–Kier alpha value is -3.01. The molecule has 1 aliphatic rings. The van der Waals surface area contributed by atoms with Crippen LogP contribution in [0.25, 0.3) is 10.8 Å². The number of nitrogens with zero attached hydrogens (tertiary/aromatic N) is 1. The Balaban J connectivity index is 1.88. The highest BCUT2D eigenvalue weighted by Gasteiger charge is 2.36. The van der Waals surface area contributed by atoms with Crippen molar-refractivity contribution in [3.63, 3.8) is 0 Å². The second kappa shape index (κ2) is 4.49. The van der Waals surface area contributed by atoms with Crippen LogP contribution >= 0.6 is 0 Å². The number of imide groups is 1. The maximum Gasteiger partial charge on any atom is 0.266 e. The lowest BCUT2D eigenvalue weighted by Crippen LogP contribution is -2.29. The van der Waals surface area contributed by atoms with E-state index >= 15 is 0 Å². The zero-order valence-corrected chi connectivity index (χ0v) is 11.4. The number of hydrogen-bond acceptors (Lipinski definition) is 2. The van der Waals surface area contributed by atoms with Gasteiger partial charge in [0, 0.05) is 0 Å². The fourth-order valence-corrected chi connectivity index (χ4v) is 2.75. The summed E-state index contributed by atoms with van der Waals surface area (Å²) in [4.78, 5) is 26.2. The van der Waals surface area contributed by atoms with Crippen molar-refractivity contribution in [3.8, 4) is 0 Å². The molecule has 2 amide bonds. The molecule has 3 aromatic rings. The minimum Gasteiger partial charge on any atom is -0.268 e. The van der Waals surface area contributed by atoms with Crippen LogP contribution in [0.15, 0.2) is 60.7 Å². The number of fused-ring (bicyclic) bond motifs is 2. The second-order valence-corrected chi connectivity index (χ2v) is 5.17. The fraction of sp³-hybridized carbons (Fsp3) is 0. The number of hydrogen-bond donors (Lipinski definition) is 0. The van der Waals surface area contributed by atoms with Gasteiger partial charge in [-0.2, -0.15) is 0 Å². The third-order valence-electron chi connectivity index (χ3n) is 3.84. The topological polar surface area (TPSA) is 37.4 Å². The van der Waals surface area contributed by atoms with Gasteiger partial charge in [-0.05, 0) is 47.2 Å². The standard InChI is InChI=1S/C18H10FNO2/c19-13-5-7-14(8-6-13)20-17(21)15-9-11-3-1-2-4-12(11)10-16(15)18(20)22/h1-10H. The Kier molecular flexibility index (Phi) is 2.60. The smallest absolute Gasteiger partial charge is 0.266 e. The largest absolute Gasteiger partial charge is 0.268 e. The molecule has 1 heterocycles. The first-order valence-corrected chi connectivity index (χ1v) is 6.82. The Morgan fingerprint density at radius 2 is 1.23 bits per heavy atom. The number of halogens is 1. The van der Waals surface area contributed by atoms with E-state index in [1.807, 2.05) is 24.3 Å². The van der Waals surface area contributed by atoms with Gasteiger partial charge in [-0.25, -0.2) is 9.29 Å². The molecule has 0 atom stereocenters. The van der Waals surface area contributed by atoms with E-state index in [-0.39, 0.29) is 11.8 Å². The summed E-state index contributed by atoms with van der Waals surface area (Å²) in [6, 6.07) is 16.3. The van der Waals surface area contributed by atoms with E-state index in [2.05, 4.69) is 0 Å². The molecule has 0 aromatic heterocycles. The maximum atomic E-state index is 13.0. The number of anilines is 1. The number of amides is 2. The molecule has 0 unspecified atom stereocenters. The summed E-state index contributed by atoms with van der Waals surface area (Å²) in [5.74, 6) is -1.17. The summed E-state index contributed by atoms with van der Waals surface area (Å²) in [6.45, 7) is 0. The monoisotopic (exact) mass is 291 g/mol. The van der Waals surface area contributed by atoms with Crippen LogP contribution in [-0.4, -0.2) is 11.8 Å². The zero-order valence-electron chi connectivity index (χ0n) is 11.4. The lowest BCUT2D eigenvalue weighted by molar-refractivity contribution is 0.0926. The Labute approximate surface area is 125 Å². The molecule has 3 aromatic carbocycles. The fourth-order valence-electron chi connectivity index (χ4n) is 2.75. The Bertz CT molecular complexity index is 877. The normalized spacial score (nSPS) is 13.8. The van der Waals surface area contributed by atoms with Crippen molar-refractivity contribution < 1.29 is 14.0 Å². The first-order chi connectivity index (χ1) is 10.6. The van der Waals surface area contributed by atoms with Crippen LogP contribution in [0.3, 0.4) is 0 Å². The molecule has 106 valence electrons. The van der Waals surface area contributed by atoms with Gasteiger partial charge >= 0.3 is 0 Å². The molecule has 4 rings (SSSR count). The van der Waals surface area contributed by atoms with Gasteiger partial charge in [0.15, 0.2) is 0 Å². The van der Waals surface area contributed by atoms with Gasteiger partial charge in [0.2, 0.25) is 0 Å². The van der Waals surface area contributed by atoms with E-state index in [0.717, 1.165) is 15.7 Å². The number of carbonyl (C=O) groups excluding carboxylic acids is 2. The van der Waals surface area contributed by atoms with Crippen LogP contribution < -0.4 is 4.90 Å². The minimum absolute atomic E-state index is 0.372. The first kappa shape index (κ1) is 12.7. The van der Waals surface area contributed by atoms with E-state index in [9.17, 15) is 14.0 Å². The quantitative estimate of drug-likeness (QED) is 0.640. The van der Waals surface area contributed by atoms with Crippen LogP contribution in [0.5, 0.6) is 0 Å². The average Bonchev–Trinajstić information content (AvgIpc) is 2.78. The van der Waals surface area contributed by atoms with E-state index in [1.165, 1.54) is 24.3 Å². The second-order valence-electron chi connectivity index (χ2n) is 5.17. The van der Waals surface area contributed by atoms with E-state index < -0.39 is 5.82 Å². The molecule has 0 fully saturated rings. The number of rotatable bonds is 1. The van der Waals surface area contributed by atoms with Crippen molar-refractivity contribution in [2.45, 2.75) is 0 Å². The van der Waals surface area contributed by atoms with E-state index in [0.29, 0.717) is 16.8 Å². The lowest BCUT2D eigenvalue weighted by atomic mass is 10.0. The van der Waals surface area contributed by atoms with Crippen LogP contribution in [0, 0.1) is 5.82 Å². The zero-order chi connectivity index (χ0) is 15.3. The van der Waals surface area contributed by atoms with Crippen LogP contribution in [0.4, 0.5) is 10.1 Å². The van der Waals surface area contributed by atoms with Gasteiger partial charge in [-0.3, -0.25) is 9.59 Å². The predicted molar refractivity (Wildman–Crippen MR) is 81.5 cm³/mol. The molecule has 4 heteroatoms. The summed E-state index contributed by atoms with van der Waals surface area (Å²) in [6.07, 6.45) is 0. The van der Waals surface area contributed by atoms with Crippen molar-refractivity contribution in [2.24, 2.45) is 0 Å². The molecule has 0 saturated carbocycles. The van der Waals surface area contributed by atoms with Crippen LogP contribution in [-0.2, 0) is 0 Å². The van der Waals surface area contributed by atoms with Gasteiger partial charge in [0.25, 0.3) is 11.8 Å². The van der Waals surface area contributed by atoms with Gasteiger partial charge in [0.1, 0.15) is 5.82 Å². The summed E-state index contributed by atoms with van der Waals surface area (Å²) in [5, 5.41) is 1.81. The number of benzene rings is 3. The number of carbonyl (C=O) groups is 2. The third-order valence-corrected chi connectivity index (χ3v) is 3.84. The van der Waals surface area contributed by atoms with E-state index in [4.69, 9.17) is 0 Å². The molecule has 1 aliphatic heterocycles. The molecule has 0 radical (unpaired) electrons. The maximum absolute atomic E-state index is 13.0. The predicted octanol–water partition coefficient (Wildman–Crippen LogP) is 3.78. The molecule has 0 spiro atoms. The summed E-state index contributed by atoms with van der Waals surface area (Å²) in [5.41, 5.74) is 1.14. The highest BCUT2D eigenvalue weighted by atomic mass is 19.1.